The maximum atomic E-state index is 9.06. The number of hydrogen-bond donors (Lipinski definition) is 1. The summed E-state index contributed by atoms with van der Waals surface area (Å²) in [6.07, 6.45) is 1.14. The van der Waals surface area contributed by atoms with Crippen molar-refractivity contribution in [2.24, 2.45) is 0 Å². The topological polar surface area (TPSA) is 45.0 Å². The fraction of sp³-hybridized carbons (Fsp3) is 0.462. The van der Waals surface area contributed by atoms with Gasteiger partial charge in [-0.05, 0) is 24.1 Å². The van der Waals surface area contributed by atoms with Gasteiger partial charge in [-0.1, -0.05) is 13.0 Å². The Morgan fingerprint density at radius 1 is 1.59 bits per heavy atom. The van der Waals surface area contributed by atoms with Crippen molar-refractivity contribution in [1.29, 1.82) is 5.26 Å². The summed E-state index contributed by atoms with van der Waals surface area (Å²) in [4.78, 5) is 0. The monoisotopic (exact) mass is 248 g/mol. The lowest BCUT2D eigenvalue weighted by atomic mass is 10.1. The van der Waals surface area contributed by atoms with E-state index in [1.807, 2.05) is 30.0 Å². The summed E-state index contributed by atoms with van der Waals surface area (Å²) in [7, 11) is 1.59. The molecule has 2 unspecified atom stereocenters. The molecule has 1 fully saturated rings. The molecule has 4 heteroatoms. The molecule has 1 saturated heterocycles. The molecular weight excluding hydrogens is 232 g/mol. The van der Waals surface area contributed by atoms with Crippen LogP contribution in [-0.4, -0.2) is 18.9 Å². The van der Waals surface area contributed by atoms with Crippen molar-refractivity contribution < 1.29 is 4.74 Å². The minimum absolute atomic E-state index is 0.304. The van der Waals surface area contributed by atoms with Crippen molar-refractivity contribution in [3.05, 3.63) is 29.3 Å². The van der Waals surface area contributed by atoms with Gasteiger partial charge in [-0.3, -0.25) is 5.32 Å². The predicted molar refractivity (Wildman–Crippen MR) is 70.1 cm³/mol. The Morgan fingerprint density at radius 3 is 3.00 bits per heavy atom. The number of ether oxygens (including phenoxy) is 1. The maximum Gasteiger partial charge on any atom is 0.136 e. The van der Waals surface area contributed by atoms with Crippen LogP contribution in [0.15, 0.2) is 18.2 Å². The van der Waals surface area contributed by atoms with Crippen molar-refractivity contribution in [2.75, 3.05) is 12.9 Å². The summed E-state index contributed by atoms with van der Waals surface area (Å²) in [5, 5.41) is 12.9. The highest BCUT2D eigenvalue weighted by Crippen LogP contribution is 2.35. The first-order valence-corrected chi connectivity index (χ1v) is 6.79. The lowest BCUT2D eigenvalue weighted by molar-refractivity contribution is 0.413. The molecule has 0 amide bonds. The van der Waals surface area contributed by atoms with Gasteiger partial charge in [-0.25, -0.2) is 0 Å². The Balaban J connectivity index is 2.20. The third-order valence-electron chi connectivity index (χ3n) is 2.99. The van der Waals surface area contributed by atoms with Crippen LogP contribution in [0.5, 0.6) is 5.75 Å². The van der Waals surface area contributed by atoms with Gasteiger partial charge < -0.3 is 4.74 Å². The molecule has 0 aromatic heterocycles. The van der Waals surface area contributed by atoms with E-state index in [4.69, 9.17) is 10.00 Å². The second kappa shape index (κ2) is 5.44. The van der Waals surface area contributed by atoms with Gasteiger partial charge in [0.25, 0.3) is 0 Å². The Bertz CT molecular complexity index is 442. The zero-order valence-corrected chi connectivity index (χ0v) is 10.9. The van der Waals surface area contributed by atoms with Crippen molar-refractivity contribution in [3.63, 3.8) is 0 Å². The molecule has 0 saturated carbocycles. The summed E-state index contributed by atoms with van der Waals surface area (Å²) >= 11 is 1.90. The van der Waals surface area contributed by atoms with E-state index in [1.165, 1.54) is 0 Å². The molecule has 0 radical (unpaired) electrons. The first-order chi connectivity index (χ1) is 8.28. The van der Waals surface area contributed by atoms with E-state index in [1.54, 1.807) is 7.11 Å². The van der Waals surface area contributed by atoms with Gasteiger partial charge in [-0.2, -0.15) is 5.26 Å². The minimum atomic E-state index is 0.304. The molecular formula is C13H16N2OS. The Labute approximate surface area is 106 Å². The van der Waals surface area contributed by atoms with Crippen LogP contribution in [-0.2, 0) is 0 Å². The number of nitriles is 1. The van der Waals surface area contributed by atoms with E-state index in [2.05, 4.69) is 18.3 Å². The number of benzene rings is 1. The largest absolute Gasteiger partial charge is 0.495 e. The summed E-state index contributed by atoms with van der Waals surface area (Å²) in [5.74, 6) is 1.78. The van der Waals surface area contributed by atoms with Crippen LogP contribution in [0, 0.1) is 11.3 Å². The zero-order valence-electron chi connectivity index (χ0n) is 10.1. The molecule has 0 bridgehead atoms. The van der Waals surface area contributed by atoms with Crippen LogP contribution >= 0.6 is 11.8 Å². The molecule has 1 aliphatic heterocycles. The van der Waals surface area contributed by atoms with Crippen molar-refractivity contribution in [3.8, 4) is 11.8 Å². The molecule has 90 valence electrons. The third kappa shape index (κ3) is 2.56. The quantitative estimate of drug-likeness (QED) is 0.893. The van der Waals surface area contributed by atoms with Gasteiger partial charge in [-0.15, -0.1) is 11.8 Å². The summed E-state index contributed by atoms with van der Waals surface area (Å²) in [6.45, 7) is 2.19. The Morgan fingerprint density at radius 2 is 2.41 bits per heavy atom. The smallest absolute Gasteiger partial charge is 0.136 e. The van der Waals surface area contributed by atoms with Crippen molar-refractivity contribution in [2.45, 2.75) is 24.8 Å². The average molecular weight is 248 g/mol. The normalized spacial score (nSPS) is 23.4. The first-order valence-electron chi connectivity index (χ1n) is 5.74. The van der Waals surface area contributed by atoms with E-state index in [-0.39, 0.29) is 0 Å². The molecule has 0 spiro atoms. The van der Waals surface area contributed by atoms with Crippen LogP contribution < -0.4 is 10.1 Å². The molecule has 1 aromatic carbocycles. The van der Waals surface area contributed by atoms with E-state index in [0.29, 0.717) is 22.7 Å². The number of hydrogen-bond acceptors (Lipinski definition) is 4. The minimum Gasteiger partial charge on any atom is -0.495 e. The molecule has 17 heavy (non-hydrogen) atoms. The van der Waals surface area contributed by atoms with E-state index in [0.717, 1.165) is 17.7 Å². The number of methoxy groups -OCH3 is 1. The molecule has 2 atom stereocenters. The summed E-state index contributed by atoms with van der Waals surface area (Å²) < 4.78 is 5.15. The molecule has 3 nitrogen and oxygen atoms in total. The lowest BCUT2D eigenvalue weighted by Crippen LogP contribution is -2.24. The van der Waals surface area contributed by atoms with E-state index >= 15 is 0 Å². The number of rotatable bonds is 3. The molecule has 0 aliphatic carbocycles. The van der Waals surface area contributed by atoms with Crippen LogP contribution in [0.1, 0.15) is 29.8 Å². The highest BCUT2D eigenvalue weighted by Gasteiger charge is 2.24. The van der Waals surface area contributed by atoms with Crippen LogP contribution in [0.25, 0.3) is 0 Å². The second-order valence-electron chi connectivity index (χ2n) is 4.06. The van der Waals surface area contributed by atoms with Crippen LogP contribution in [0.4, 0.5) is 0 Å². The zero-order chi connectivity index (χ0) is 12.3. The first kappa shape index (κ1) is 12.3. The predicted octanol–water partition coefficient (Wildman–Crippen LogP) is 2.68. The van der Waals surface area contributed by atoms with Crippen LogP contribution in [0.2, 0.25) is 0 Å². The van der Waals surface area contributed by atoms with Crippen molar-refractivity contribution in [1.82, 2.24) is 5.32 Å². The number of thioether (sulfide) groups is 1. The second-order valence-corrected chi connectivity index (χ2v) is 5.19. The SMILES string of the molecule is CCC1CSC(c2ccc(OC)c(C#N)c2)N1. The van der Waals surface area contributed by atoms with E-state index in [9.17, 15) is 0 Å². The molecule has 1 N–H and O–H groups in total. The molecule has 1 aliphatic rings. The highest BCUT2D eigenvalue weighted by molar-refractivity contribution is 7.99. The standard InChI is InChI=1S/C13H16N2OS/c1-3-11-8-17-13(15-11)9-4-5-12(16-2)10(6-9)7-14/h4-6,11,13,15H,3,8H2,1-2H3. The molecule has 2 rings (SSSR count). The fourth-order valence-electron chi connectivity index (χ4n) is 1.93. The fourth-order valence-corrected chi connectivity index (χ4v) is 3.31. The van der Waals surface area contributed by atoms with Crippen molar-refractivity contribution >= 4 is 11.8 Å². The van der Waals surface area contributed by atoms with Gasteiger partial charge in [0.1, 0.15) is 11.8 Å². The van der Waals surface area contributed by atoms with Crippen LogP contribution in [0.3, 0.4) is 0 Å². The third-order valence-corrected chi connectivity index (χ3v) is 4.33. The Hall–Kier alpha value is -1.18. The summed E-state index contributed by atoms with van der Waals surface area (Å²) in [6, 6.07) is 8.57. The van der Waals surface area contributed by atoms with Gasteiger partial charge in [0, 0.05) is 11.8 Å². The highest BCUT2D eigenvalue weighted by atomic mass is 32.2. The number of nitrogens with zero attached hydrogens (tertiary/aromatic N) is 1. The van der Waals surface area contributed by atoms with Gasteiger partial charge in [0.15, 0.2) is 0 Å². The van der Waals surface area contributed by atoms with Gasteiger partial charge in [0.05, 0.1) is 18.0 Å². The Kier molecular flexibility index (Phi) is 3.93. The molecule has 1 aromatic rings. The number of nitrogens with one attached hydrogen (secondary N) is 1. The van der Waals surface area contributed by atoms with E-state index < -0.39 is 0 Å². The lowest BCUT2D eigenvalue weighted by Gasteiger charge is -2.13. The molecule has 1 heterocycles. The van der Waals surface area contributed by atoms with Gasteiger partial charge in [0.2, 0.25) is 0 Å². The average Bonchev–Trinajstić information content (AvgIpc) is 2.86. The maximum absolute atomic E-state index is 9.06. The van der Waals surface area contributed by atoms with Gasteiger partial charge >= 0.3 is 0 Å². The summed E-state index contributed by atoms with van der Waals surface area (Å²) in [5.41, 5.74) is 1.76.